The van der Waals surface area contributed by atoms with Gasteiger partial charge >= 0.3 is 0 Å². The predicted molar refractivity (Wildman–Crippen MR) is 127 cm³/mol. The molecule has 4 fully saturated rings. The van der Waals surface area contributed by atoms with Crippen molar-refractivity contribution in [3.63, 3.8) is 0 Å². The number of benzene rings is 1. The third-order valence-corrected chi connectivity index (χ3v) is 8.80. The van der Waals surface area contributed by atoms with E-state index in [1.807, 2.05) is 24.3 Å². The minimum Gasteiger partial charge on any atom is -0.497 e. The van der Waals surface area contributed by atoms with Crippen LogP contribution in [0.3, 0.4) is 0 Å². The minimum absolute atomic E-state index is 0.0452. The molecule has 1 aromatic carbocycles. The van der Waals surface area contributed by atoms with Crippen LogP contribution in [0, 0.1) is 17.8 Å². The van der Waals surface area contributed by atoms with Gasteiger partial charge in [-0.15, -0.1) is 0 Å². The molecule has 5 atom stereocenters. The molecular weight excluding hydrogens is 414 g/mol. The fourth-order valence-electron chi connectivity index (χ4n) is 7.34. The molecule has 0 N–H and O–H groups in total. The monoisotopic (exact) mass is 449 g/mol. The van der Waals surface area contributed by atoms with Gasteiger partial charge in [0.1, 0.15) is 5.75 Å². The second-order valence-electron chi connectivity index (χ2n) is 10.6. The molecule has 0 spiro atoms. The molecule has 0 aromatic heterocycles. The van der Waals surface area contributed by atoms with Gasteiger partial charge in [0, 0.05) is 37.8 Å². The van der Waals surface area contributed by atoms with Crippen molar-refractivity contribution in [1.82, 2.24) is 9.80 Å². The van der Waals surface area contributed by atoms with Crippen molar-refractivity contribution in [2.45, 2.75) is 57.0 Å². The van der Waals surface area contributed by atoms with Crippen LogP contribution in [0.5, 0.6) is 5.75 Å². The first kappa shape index (κ1) is 21.2. The average Bonchev–Trinajstić information content (AvgIpc) is 3.25. The summed E-state index contributed by atoms with van der Waals surface area (Å²) in [4.78, 5) is 33.3. The summed E-state index contributed by atoms with van der Waals surface area (Å²) < 4.78 is 5.24. The molecule has 6 nitrogen and oxygen atoms in total. The van der Waals surface area contributed by atoms with Crippen LogP contribution in [0.25, 0.3) is 0 Å². The smallest absolute Gasteiger partial charge is 0.228 e. The second kappa shape index (κ2) is 8.46. The Hall–Kier alpha value is -2.34. The first-order valence-corrected chi connectivity index (χ1v) is 12.8. The molecule has 33 heavy (non-hydrogen) atoms. The number of anilines is 1. The van der Waals surface area contributed by atoms with Crippen molar-refractivity contribution in [2.24, 2.45) is 17.8 Å². The standard InChI is InChI=1S/C27H35N3O3/c1-33-23-9-7-22(8-10-23)30-17-21(15-25(30)31)27(32)29-12-4-5-18-13-19-14-20(26(18)29)16-28-11-3-2-6-24(19)28/h7-10,13,19-21,24,26H,2-6,11-12,14-17H2,1H3/t19-,20+,21?,24?,26?/m1/s1. The van der Waals surface area contributed by atoms with E-state index in [4.69, 9.17) is 4.74 Å². The first-order valence-electron chi connectivity index (χ1n) is 12.8. The SMILES string of the molecule is COc1ccc(N2CC(C(=O)N3CCCC4=C[C@@H]5C[C@@H](CN6CCCCC56)C43)CC2=O)cc1. The van der Waals surface area contributed by atoms with Gasteiger partial charge in [0.25, 0.3) is 0 Å². The van der Waals surface area contributed by atoms with E-state index in [9.17, 15) is 9.59 Å². The summed E-state index contributed by atoms with van der Waals surface area (Å²) in [5.41, 5.74) is 2.36. The van der Waals surface area contributed by atoms with Crippen molar-refractivity contribution in [3.05, 3.63) is 35.9 Å². The van der Waals surface area contributed by atoms with Crippen LogP contribution in [0.4, 0.5) is 5.69 Å². The van der Waals surface area contributed by atoms with E-state index in [1.165, 1.54) is 37.8 Å². The van der Waals surface area contributed by atoms with Crippen molar-refractivity contribution in [3.8, 4) is 5.75 Å². The number of nitrogens with zero attached hydrogens (tertiary/aromatic N) is 3. The summed E-state index contributed by atoms with van der Waals surface area (Å²) in [6.07, 6.45) is 10.3. The quantitative estimate of drug-likeness (QED) is 0.663. The van der Waals surface area contributed by atoms with Gasteiger partial charge in [0.2, 0.25) is 11.8 Å². The van der Waals surface area contributed by atoms with Crippen molar-refractivity contribution < 1.29 is 14.3 Å². The molecule has 1 aromatic rings. The number of carbonyl (C=O) groups is 2. The number of carbonyl (C=O) groups excluding carboxylic acids is 2. The highest BCUT2D eigenvalue weighted by atomic mass is 16.5. The summed E-state index contributed by atoms with van der Waals surface area (Å²) in [5, 5.41) is 0. The van der Waals surface area contributed by atoms with Gasteiger partial charge in [0.15, 0.2) is 0 Å². The molecule has 0 saturated carbocycles. The van der Waals surface area contributed by atoms with E-state index in [2.05, 4.69) is 15.9 Å². The maximum absolute atomic E-state index is 13.8. The molecule has 1 aliphatic carbocycles. The molecule has 6 heteroatoms. The maximum atomic E-state index is 13.8. The lowest BCUT2D eigenvalue weighted by molar-refractivity contribution is -0.140. The zero-order valence-corrected chi connectivity index (χ0v) is 19.6. The zero-order valence-electron chi connectivity index (χ0n) is 19.6. The molecule has 3 unspecified atom stereocenters. The van der Waals surface area contributed by atoms with Crippen LogP contribution in [0.2, 0.25) is 0 Å². The number of ether oxygens (including phenoxy) is 1. The summed E-state index contributed by atoms with van der Waals surface area (Å²) >= 11 is 0. The van der Waals surface area contributed by atoms with E-state index >= 15 is 0 Å². The molecule has 2 bridgehead atoms. The summed E-state index contributed by atoms with van der Waals surface area (Å²) in [7, 11) is 1.64. The Morgan fingerprint density at radius 3 is 2.73 bits per heavy atom. The number of methoxy groups -OCH3 is 1. The molecule has 5 aliphatic rings. The molecule has 4 saturated heterocycles. The lowest BCUT2D eigenvalue weighted by Crippen LogP contribution is -2.60. The van der Waals surface area contributed by atoms with Crippen LogP contribution in [-0.2, 0) is 9.59 Å². The van der Waals surface area contributed by atoms with Gasteiger partial charge in [-0.05, 0) is 74.8 Å². The lowest BCUT2D eigenvalue weighted by Gasteiger charge is -2.55. The number of hydrogen-bond donors (Lipinski definition) is 0. The Morgan fingerprint density at radius 1 is 1.06 bits per heavy atom. The Kier molecular flexibility index (Phi) is 5.44. The van der Waals surface area contributed by atoms with E-state index < -0.39 is 0 Å². The van der Waals surface area contributed by atoms with Gasteiger partial charge in [-0.2, -0.15) is 0 Å². The average molecular weight is 450 g/mol. The number of fused-ring (bicyclic) bond motifs is 6. The highest BCUT2D eigenvalue weighted by Crippen LogP contribution is 2.45. The van der Waals surface area contributed by atoms with Crippen molar-refractivity contribution >= 4 is 17.5 Å². The molecule has 6 rings (SSSR count). The number of likely N-dealkylation sites (tertiary alicyclic amines) is 1. The Morgan fingerprint density at radius 2 is 1.91 bits per heavy atom. The highest BCUT2D eigenvalue weighted by molar-refractivity contribution is 6.00. The molecule has 4 aliphatic heterocycles. The third kappa shape index (κ3) is 3.67. The number of rotatable bonds is 3. The van der Waals surface area contributed by atoms with Crippen LogP contribution in [0.15, 0.2) is 35.9 Å². The van der Waals surface area contributed by atoms with Crippen molar-refractivity contribution in [2.75, 3.05) is 38.2 Å². The summed E-state index contributed by atoms with van der Waals surface area (Å²) in [6.45, 7) is 3.66. The van der Waals surface area contributed by atoms with Crippen LogP contribution in [-0.4, -0.2) is 67.0 Å². The summed E-state index contributed by atoms with van der Waals surface area (Å²) in [5.74, 6) is 1.97. The van der Waals surface area contributed by atoms with Crippen LogP contribution < -0.4 is 9.64 Å². The third-order valence-electron chi connectivity index (χ3n) is 8.80. The molecular formula is C27H35N3O3. The Labute approximate surface area is 196 Å². The highest BCUT2D eigenvalue weighted by Gasteiger charge is 2.48. The predicted octanol–water partition coefficient (Wildman–Crippen LogP) is 3.47. The Bertz CT molecular complexity index is 958. The molecule has 0 radical (unpaired) electrons. The normalized spacial score (nSPS) is 33.9. The second-order valence-corrected chi connectivity index (χ2v) is 10.6. The minimum atomic E-state index is -0.247. The molecule has 176 valence electrons. The number of hydrogen-bond acceptors (Lipinski definition) is 4. The van der Waals surface area contributed by atoms with E-state index in [0.717, 1.165) is 43.4 Å². The largest absolute Gasteiger partial charge is 0.497 e. The van der Waals surface area contributed by atoms with Gasteiger partial charge in [-0.25, -0.2) is 0 Å². The van der Waals surface area contributed by atoms with Gasteiger partial charge in [0.05, 0.1) is 19.1 Å². The first-order chi connectivity index (χ1) is 16.1. The van der Waals surface area contributed by atoms with Crippen LogP contribution in [0.1, 0.15) is 44.9 Å². The number of piperidine rings is 3. The molecule has 2 amide bonds. The topological polar surface area (TPSA) is 53.1 Å². The van der Waals surface area contributed by atoms with E-state index in [-0.39, 0.29) is 23.8 Å². The van der Waals surface area contributed by atoms with Gasteiger partial charge in [-0.3, -0.25) is 14.5 Å². The van der Waals surface area contributed by atoms with Crippen LogP contribution >= 0.6 is 0 Å². The van der Waals surface area contributed by atoms with Gasteiger partial charge < -0.3 is 14.5 Å². The lowest BCUT2D eigenvalue weighted by atomic mass is 9.68. The summed E-state index contributed by atoms with van der Waals surface area (Å²) in [6, 6.07) is 8.52. The van der Waals surface area contributed by atoms with E-state index in [0.29, 0.717) is 24.8 Å². The van der Waals surface area contributed by atoms with E-state index in [1.54, 1.807) is 12.0 Å². The maximum Gasteiger partial charge on any atom is 0.228 e. The fraction of sp³-hybridized carbons (Fsp3) is 0.630. The van der Waals surface area contributed by atoms with Crippen molar-refractivity contribution in [1.29, 1.82) is 0 Å². The number of amides is 2. The molecule has 4 heterocycles. The Balaban J connectivity index is 1.21. The fourth-order valence-corrected chi connectivity index (χ4v) is 7.34. The van der Waals surface area contributed by atoms with Gasteiger partial charge in [-0.1, -0.05) is 18.1 Å². The zero-order chi connectivity index (χ0) is 22.5.